The van der Waals surface area contributed by atoms with Crippen molar-refractivity contribution in [1.82, 2.24) is 15.0 Å². The minimum absolute atomic E-state index is 0.154. The van der Waals surface area contributed by atoms with Crippen molar-refractivity contribution in [2.24, 2.45) is 0 Å². The second-order valence-corrected chi connectivity index (χ2v) is 3.65. The van der Waals surface area contributed by atoms with Crippen LogP contribution in [0.5, 0.6) is 0 Å². The zero-order chi connectivity index (χ0) is 11.5. The van der Waals surface area contributed by atoms with E-state index in [4.69, 9.17) is 11.6 Å². The third kappa shape index (κ3) is 1.92. The fourth-order valence-electron chi connectivity index (χ4n) is 1.39. The number of halogens is 1. The molecule has 0 radical (unpaired) electrons. The fourth-order valence-corrected chi connectivity index (χ4v) is 1.57. The molecule has 0 aliphatic rings. The number of aromatic nitrogens is 3. The van der Waals surface area contributed by atoms with Gasteiger partial charge in [0, 0.05) is 18.0 Å². The Kier molecular flexibility index (Phi) is 2.92. The lowest BCUT2D eigenvalue weighted by molar-refractivity contribution is 0.112. The molecule has 0 spiro atoms. The summed E-state index contributed by atoms with van der Waals surface area (Å²) in [4.78, 5) is 22.8. The van der Waals surface area contributed by atoms with E-state index in [1.165, 1.54) is 6.33 Å². The molecule has 0 amide bonds. The lowest BCUT2D eigenvalue weighted by atomic mass is 10.1. The lowest BCUT2D eigenvalue weighted by Crippen LogP contribution is -1.96. The fraction of sp³-hybridized carbons (Fsp3) is 0.0909. The molecule has 0 aliphatic carbocycles. The standard InChI is InChI=1S/C11H8ClN3O/c1-7-2-8(4-13-3-7)10-9(5-16)11(12)15-6-14-10/h2-6H,1H3. The van der Waals surface area contributed by atoms with Crippen LogP contribution in [-0.2, 0) is 0 Å². The van der Waals surface area contributed by atoms with E-state index in [9.17, 15) is 4.79 Å². The van der Waals surface area contributed by atoms with Gasteiger partial charge in [0.1, 0.15) is 11.5 Å². The first-order valence-electron chi connectivity index (χ1n) is 4.60. The molecule has 0 N–H and O–H groups in total. The van der Waals surface area contributed by atoms with Crippen LogP contribution in [0.2, 0.25) is 5.15 Å². The molecule has 0 bridgehead atoms. The summed E-state index contributed by atoms with van der Waals surface area (Å²) in [7, 11) is 0. The summed E-state index contributed by atoms with van der Waals surface area (Å²) < 4.78 is 0. The Balaban J connectivity index is 2.64. The molecule has 80 valence electrons. The van der Waals surface area contributed by atoms with Gasteiger partial charge in [-0.15, -0.1) is 0 Å². The van der Waals surface area contributed by atoms with Gasteiger partial charge in [-0.2, -0.15) is 0 Å². The summed E-state index contributed by atoms with van der Waals surface area (Å²) in [6.07, 6.45) is 5.35. The van der Waals surface area contributed by atoms with Crippen molar-refractivity contribution < 1.29 is 4.79 Å². The normalized spacial score (nSPS) is 10.1. The molecular weight excluding hydrogens is 226 g/mol. The van der Waals surface area contributed by atoms with Crippen LogP contribution in [0.4, 0.5) is 0 Å². The molecular formula is C11H8ClN3O. The first-order chi connectivity index (χ1) is 7.72. The third-order valence-electron chi connectivity index (χ3n) is 2.10. The summed E-state index contributed by atoms with van der Waals surface area (Å²) in [5.41, 5.74) is 2.54. The van der Waals surface area contributed by atoms with Crippen LogP contribution in [0, 0.1) is 6.92 Å². The molecule has 0 aliphatic heterocycles. The second-order valence-electron chi connectivity index (χ2n) is 3.30. The van der Waals surface area contributed by atoms with E-state index in [1.807, 2.05) is 13.0 Å². The average Bonchev–Trinajstić information content (AvgIpc) is 2.28. The van der Waals surface area contributed by atoms with Crippen LogP contribution in [0.15, 0.2) is 24.8 Å². The topological polar surface area (TPSA) is 55.7 Å². The van der Waals surface area contributed by atoms with Gasteiger partial charge in [0.25, 0.3) is 0 Å². The minimum Gasteiger partial charge on any atom is -0.298 e. The van der Waals surface area contributed by atoms with Crippen LogP contribution in [0.25, 0.3) is 11.3 Å². The first-order valence-corrected chi connectivity index (χ1v) is 4.98. The quantitative estimate of drug-likeness (QED) is 0.590. The van der Waals surface area contributed by atoms with Gasteiger partial charge < -0.3 is 0 Å². The maximum Gasteiger partial charge on any atom is 0.155 e. The van der Waals surface area contributed by atoms with E-state index in [0.29, 0.717) is 12.0 Å². The predicted molar refractivity (Wildman–Crippen MR) is 60.4 cm³/mol. The highest BCUT2D eigenvalue weighted by Crippen LogP contribution is 2.23. The molecule has 16 heavy (non-hydrogen) atoms. The zero-order valence-corrected chi connectivity index (χ0v) is 9.27. The Morgan fingerprint density at radius 2 is 2.12 bits per heavy atom. The number of carbonyl (C=O) groups excluding carboxylic acids is 1. The molecule has 2 aromatic rings. The van der Waals surface area contributed by atoms with E-state index in [0.717, 1.165) is 11.1 Å². The summed E-state index contributed by atoms with van der Waals surface area (Å²) >= 11 is 5.82. The van der Waals surface area contributed by atoms with Crippen LogP contribution in [-0.4, -0.2) is 21.2 Å². The molecule has 0 saturated carbocycles. The van der Waals surface area contributed by atoms with Gasteiger partial charge >= 0.3 is 0 Å². The molecule has 0 saturated heterocycles. The number of hydrogen-bond acceptors (Lipinski definition) is 4. The Bertz CT molecular complexity index is 543. The highest BCUT2D eigenvalue weighted by Gasteiger charge is 2.11. The van der Waals surface area contributed by atoms with Crippen molar-refractivity contribution in [2.75, 3.05) is 0 Å². The second kappa shape index (κ2) is 4.37. The molecule has 0 aromatic carbocycles. The van der Waals surface area contributed by atoms with Gasteiger partial charge in [0.2, 0.25) is 0 Å². The van der Waals surface area contributed by atoms with Crippen molar-refractivity contribution in [3.63, 3.8) is 0 Å². The zero-order valence-electron chi connectivity index (χ0n) is 8.51. The third-order valence-corrected chi connectivity index (χ3v) is 2.40. The van der Waals surface area contributed by atoms with Gasteiger partial charge in [-0.3, -0.25) is 9.78 Å². The Labute approximate surface area is 97.3 Å². The molecule has 0 unspecified atom stereocenters. The van der Waals surface area contributed by atoms with Gasteiger partial charge in [-0.25, -0.2) is 9.97 Å². The smallest absolute Gasteiger partial charge is 0.155 e. The van der Waals surface area contributed by atoms with Gasteiger partial charge in [0.15, 0.2) is 6.29 Å². The Hall–Kier alpha value is -1.81. The predicted octanol–water partition coefficient (Wildman–Crippen LogP) is 2.31. The largest absolute Gasteiger partial charge is 0.298 e. The number of aryl methyl sites for hydroxylation is 1. The van der Waals surface area contributed by atoms with Gasteiger partial charge in [-0.05, 0) is 18.6 Å². The number of carbonyl (C=O) groups is 1. The number of hydrogen-bond donors (Lipinski definition) is 0. The van der Waals surface area contributed by atoms with E-state index < -0.39 is 0 Å². The molecule has 2 heterocycles. The van der Waals surface area contributed by atoms with Crippen molar-refractivity contribution >= 4 is 17.9 Å². The summed E-state index contributed by atoms with van der Waals surface area (Å²) in [6.45, 7) is 1.92. The van der Waals surface area contributed by atoms with Crippen LogP contribution in [0.3, 0.4) is 0 Å². The molecule has 0 fully saturated rings. The van der Waals surface area contributed by atoms with Crippen LogP contribution in [0.1, 0.15) is 15.9 Å². The maximum absolute atomic E-state index is 10.9. The lowest BCUT2D eigenvalue weighted by Gasteiger charge is -2.04. The van der Waals surface area contributed by atoms with Gasteiger partial charge in [0.05, 0.1) is 11.3 Å². The van der Waals surface area contributed by atoms with Gasteiger partial charge in [-0.1, -0.05) is 11.6 Å². The first kappa shape index (κ1) is 10.7. The Morgan fingerprint density at radius 3 is 2.81 bits per heavy atom. The van der Waals surface area contributed by atoms with E-state index in [-0.39, 0.29) is 10.7 Å². The van der Waals surface area contributed by atoms with Crippen molar-refractivity contribution in [1.29, 1.82) is 0 Å². The highest BCUT2D eigenvalue weighted by atomic mass is 35.5. The number of aldehydes is 1. The monoisotopic (exact) mass is 233 g/mol. The van der Waals surface area contributed by atoms with E-state index in [1.54, 1.807) is 12.4 Å². The average molecular weight is 234 g/mol. The minimum atomic E-state index is 0.154. The SMILES string of the molecule is Cc1cncc(-c2ncnc(Cl)c2C=O)c1. The Morgan fingerprint density at radius 1 is 1.31 bits per heavy atom. The molecule has 4 nitrogen and oxygen atoms in total. The number of pyridine rings is 1. The molecule has 2 aromatic heterocycles. The summed E-state index contributed by atoms with van der Waals surface area (Å²) in [5, 5.41) is 0.154. The van der Waals surface area contributed by atoms with Crippen molar-refractivity contribution in [3.8, 4) is 11.3 Å². The molecule has 0 atom stereocenters. The van der Waals surface area contributed by atoms with E-state index in [2.05, 4.69) is 15.0 Å². The number of nitrogens with zero attached hydrogens (tertiary/aromatic N) is 3. The maximum atomic E-state index is 10.9. The summed E-state index contributed by atoms with van der Waals surface area (Å²) in [5.74, 6) is 0. The van der Waals surface area contributed by atoms with Crippen LogP contribution >= 0.6 is 11.6 Å². The summed E-state index contributed by atoms with van der Waals surface area (Å²) in [6, 6.07) is 1.89. The molecule has 5 heteroatoms. The van der Waals surface area contributed by atoms with Crippen LogP contribution < -0.4 is 0 Å². The van der Waals surface area contributed by atoms with Crippen molar-refractivity contribution in [2.45, 2.75) is 6.92 Å². The van der Waals surface area contributed by atoms with E-state index >= 15 is 0 Å². The number of rotatable bonds is 2. The highest BCUT2D eigenvalue weighted by molar-refractivity contribution is 6.32. The molecule has 2 rings (SSSR count). The van der Waals surface area contributed by atoms with Crippen molar-refractivity contribution in [3.05, 3.63) is 41.1 Å².